The molecule has 2 atom stereocenters. The van der Waals surface area contributed by atoms with E-state index in [9.17, 15) is 0 Å². The summed E-state index contributed by atoms with van der Waals surface area (Å²) in [4.78, 5) is 0. The Labute approximate surface area is 125 Å². The molecule has 0 aliphatic carbocycles. The minimum absolute atomic E-state index is 0.153. The van der Waals surface area contributed by atoms with Crippen molar-refractivity contribution in [3.8, 4) is 0 Å². The van der Waals surface area contributed by atoms with Crippen LogP contribution in [0.2, 0.25) is 0 Å². The summed E-state index contributed by atoms with van der Waals surface area (Å²) >= 11 is 2.06. The average Bonchev–Trinajstić information content (AvgIpc) is 2.86. The smallest absolute Gasteiger partial charge is 0.120 e. The summed E-state index contributed by atoms with van der Waals surface area (Å²) in [5.41, 5.74) is 0.153. The molecule has 112 valence electrons. The van der Waals surface area contributed by atoms with Gasteiger partial charge in [0.2, 0.25) is 0 Å². The van der Waals surface area contributed by atoms with Gasteiger partial charge >= 0.3 is 0 Å². The summed E-state index contributed by atoms with van der Waals surface area (Å²) in [6, 6.07) is 4.95. The maximum Gasteiger partial charge on any atom is 0.120 e. The van der Waals surface area contributed by atoms with Gasteiger partial charge in [0.15, 0.2) is 0 Å². The van der Waals surface area contributed by atoms with Crippen molar-refractivity contribution in [2.75, 3.05) is 18.1 Å². The predicted octanol–water partition coefficient (Wildman–Crippen LogP) is 3.68. The van der Waals surface area contributed by atoms with Crippen LogP contribution in [0, 0.1) is 6.92 Å². The van der Waals surface area contributed by atoms with E-state index in [0.29, 0.717) is 6.04 Å². The van der Waals surface area contributed by atoms with Crippen LogP contribution in [0.4, 0.5) is 0 Å². The van der Waals surface area contributed by atoms with Gasteiger partial charge in [-0.05, 0) is 63.2 Å². The van der Waals surface area contributed by atoms with Gasteiger partial charge in [0.05, 0.1) is 11.6 Å². The first kappa shape index (κ1) is 14.5. The number of aryl methyl sites for hydroxylation is 1. The summed E-state index contributed by atoms with van der Waals surface area (Å²) < 4.78 is 11.9. The quantitative estimate of drug-likeness (QED) is 0.922. The third-order valence-corrected chi connectivity index (χ3v) is 5.56. The van der Waals surface area contributed by atoms with Gasteiger partial charge in [-0.1, -0.05) is 0 Å². The van der Waals surface area contributed by atoms with Crippen molar-refractivity contribution in [1.29, 1.82) is 0 Å². The van der Waals surface area contributed by atoms with Gasteiger partial charge in [-0.15, -0.1) is 0 Å². The zero-order valence-electron chi connectivity index (χ0n) is 12.5. The summed E-state index contributed by atoms with van der Waals surface area (Å²) in [5, 5.41) is 3.74. The lowest BCUT2D eigenvalue weighted by atomic mass is 9.85. The van der Waals surface area contributed by atoms with E-state index in [1.54, 1.807) is 0 Å². The topological polar surface area (TPSA) is 34.4 Å². The van der Waals surface area contributed by atoms with Crippen LogP contribution in [0.25, 0.3) is 0 Å². The first-order chi connectivity index (χ1) is 9.67. The molecule has 1 aromatic heterocycles. The van der Waals surface area contributed by atoms with Crippen molar-refractivity contribution in [2.24, 2.45) is 0 Å². The molecule has 2 saturated heterocycles. The maximum atomic E-state index is 6.15. The van der Waals surface area contributed by atoms with Crippen molar-refractivity contribution in [1.82, 2.24) is 5.32 Å². The molecule has 4 heteroatoms. The van der Waals surface area contributed by atoms with Crippen molar-refractivity contribution in [3.05, 3.63) is 23.7 Å². The molecule has 2 fully saturated rings. The SMILES string of the molecule is Cc1ccc(C(C)NC2CCOC3(CCSCC3)C2)o1. The number of thioether (sulfide) groups is 1. The van der Waals surface area contributed by atoms with E-state index in [0.717, 1.165) is 31.0 Å². The average molecular weight is 295 g/mol. The van der Waals surface area contributed by atoms with E-state index in [2.05, 4.69) is 30.1 Å². The number of ether oxygens (including phenoxy) is 1. The van der Waals surface area contributed by atoms with Gasteiger partial charge in [-0.2, -0.15) is 11.8 Å². The summed E-state index contributed by atoms with van der Waals surface area (Å²) in [6.07, 6.45) is 4.69. The minimum Gasteiger partial charge on any atom is -0.465 e. The Balaban J connectivity index is 1.59. The van der Waals surface area contributed by atoms with Gasteiger partial charge < -0.3 is 14.5 Å². The van der Waals surface area contributed by atoms with Gasteiger partial charge in [0, 0.05) is 12.6 Å². The fourth-order valence-electron chi connectivity index (χ4n) is 3.38. The van der Waals surface area contributed by atoms with Crippen LogP contribution in [-0.2, 0) is 4.74 Å². The third kappa shape index (κ3) is 3.23. The molecular weight excluding hydrogens is 270 g/mol. The van der Waals surface area contributed by atoms with Crippen molar-refractivity contribution in [2.45, 2.75) is 57.2 Å². The zero-order chi connectivity index (χ0) is 14.0. The predicted molar refractivity (Wildman–Crippen MR) is 83.3 cm³/mol. The Kier molecular flexibility index (Phi) is 4.43. The molecule has 2 aliphatic heterocycles. The summed E-state index contributed by atoms with van der Waals surface area (Å²) in [5.74, 6) is 4.53. The molecule has 0 bridgehead atoms. The molecule has 2 aliphatic rings. The Hall–Kier alpha value is -0.450. The normalized spacial score (nSPS) is 27.6. The Morgan fingerprint density at radius 1 is 1.35 bits per heavy atom. The largest absolute Gasteiger partial charge is 0.465 e. The van der Waals surface area contributed by atoms with E-state index in [1.807, 2.05) is 13.0 Å². The Morgan fingerprint density at radius 2 is 2.15 bits per heavy atom. The molecule has 3 rings (SSSR count). The molecule has 1 aromatic rings. The van der Waals surface area contributed by atoms with Crippen LogP contribution in [-0.4, -0.2) is 29.8 Å². The number of rotatable bonds is 3. The summed E-state index contributed by atoms with van der Waals surface area (Å²) in [7, 11) is 0. The summed E-state index contributed by atoms with van der Waals surface area (Å²) in [6.45, 7) is 5.09. The second kappa shape index (κ2) is 6.12. The standard InChI is InChI=1S/C16H25NO2S/c1-12-3-4-15(19-12)13(2)17-14-5-8-18-16(11-14)6-9-20-10-7-16/h3-4,13-14,17H,5-11H2,1-2H3. The minimum atomic E-state index is 0.153. The fourth-order valence-corrected chi connectivity index (χ4v) is 4.62. The number of furan rings is 1. The van der Waals surface area contributed by atoms with Crippen LogP contribution in [0.1, 0.15) is 50.2 Å². The number of hydrogen-bond acceptors (Lipinski definition) is 4. The highest BCUT2D eigenvalue weighted by Gasteiger charge is 2.39. The lowest BCUT2D eigenvalue weighted by molar-refractivity contribution is -0.0942. The molecular formula is C16H25NO2S. The Morgan fingerprint density at radius 3 is 2.85 bits per heavy atom. The fraction of sp³-hybridized carbons (Fsp3) is 0.750. The van der Waals surface area contributed by atoms with Crippen LogP contribution in [0.3, 0.4) is 0 Å². The molecule has 0 saturated carbocycles. The van der Waals surface area contributed by atoms with Gasteiger partial charge in [-0.25, -0.2) is 0 Å². The highest BCUT2D eigenvalue weighted by atomic mass is 32.2. The van der Waals surface area contributed by atoms with Crippen molar-refractivity contribution < 1.29 is 9.15 Å². The number of hydrogen-bond donors (Lipinski definition) is 1. The third-order valence-electron chi connectivity index (χ3n) is 4.57. The van der Waals surface area contributed by atoms with Crippen LogP contribution in [0.5, 0.6) is 0 Å². The molecule has 0 radical (unpaired) electrons. The second-order valence-electron chi connectivity index (χ2n) is 6.17. The van der Waals surface area contributed by atoms with E-state index >= 15 is 0 Å². The van der Waals surface area contributed by atoms with Crippen LogP contribution < -0.4 is 5.32 Å². The van der Waals surface area contributed by atoms with Gasteiger partial charge in [0.25, 0.3) is 0 Å². The molecule has 3 nitrogen and oxygen atoms in total. The molecule has 1 spiro atoms. The van der Waals surface area contributed by atoms with Crippen LogP contribution >= 0.6 is 11.8 Å². The number of nitrogens with one attached hydrogen (secondary N) is 1. The van der Waals surface area contributed by atoms with E-state index < -0.39 is 0 Å². The monoisotopic (exact) mass is 295 g/mol. The highest BCUT2D eigenvalue weighted by Crippen LogP contribution is 2.38. The van der Waals surface area contributed by atoms with Crippen LogP contribution in [0.15, 0.2) is 16.5 Å². The Bertz CT molecular complexity index is 434. The van der Waals surface area contributed by atoms with Gasteiger partial charge in [0.1, 0.15) is 11.5 Å². The van der Waals surface area contributed by atoms with Gasteiger partial charge in [-0.3, -0.25) is 0 Å². The second-order valence-corrected chi connectivity index (χ2v) is 7.40. The first-order valence-electron chi connectivity index (χ1n) is 7.71. The lowest BCUT2D eigenvalue weighted by Gasteiger charge is -2.44. The maximum absolute atomic E-state index is 6.15. The molecule has 0 aromatic carbocycles. The molecule has 3 heterocycles. The molecule has 20 heavy (non-hydrogen) atoms. The first-order valence-corrected chi connectivity index (χ1v) is 8.86. The van der Waals surface area contributed by atoms with Crippen molar-refractivity contribution in [3.63, 3.8) is 0 Å². The van der Waals surface area contributed by atoms with Crippen molar-refractivity contribution >= 4 is 11.8 Å². The highest BCUT2D eigenvalue weighted by molar-refractivity contribution is 7.99. The molecule has 0 amide bonds. The zero-order valence-corrected chi connectivity index (χ0v) is 13.3. The lowest BCUT2D eigenvalue weighted by Crippen LogP contribution is -2.49. The molecule has 2 unspecified atom stereocenters. The molecule has 1 N–H and O–H groups in total. The van der Waals surface area contributed by atoms with E-state index in [4.69, 9.17) is 9.15 Å². The van der Waals surface area contributed by atoms with E-state index in [1.165, 1.54) is 24.3 Å². The van der Waals surface area contributed by atoms with E-state index in [-0.39, 0.29) is 11.6 Å².